The molecule has 0 radical (unpaired) electrons. The molecule has 1 N–H and O–H groups in total. The van der Waals surface area contributed by atoms with Gasteiger partial charge in [-0.3, -0.25) is 0 Å². The summed E-state index contributed by atoms with van der Waals surface area (Å²) >= 11 is 0. The number of anilines is 1. The molecule has 0 aromatic heterocycles. The first-order valence-electron chi connectivity index (χ1n) is 5.72. The lowest BCUT2D eigenvalue weighted by atomic mass is 10.0. The fraction of sp³-hybridized carbons (Fsp3) is 0.357. The first kappa shape index (κ1) is 11.7. The van der Waals surface area contributed by atoms with Crippen LogP contribution in [0.3, 0.4) is 0 Å². The van der Waals surface area contributed by atoms with Crippen molar-refractivity contribution in [2.75, 3.05) is 11.9 Å². The number of hydrogen-bond donors (Lipinski definition) is 1. The van der Waals surface area contributed by atoms with Crippen molar-refractivity contribution in [1.82, 2.24) is 0 Å². The van der Waals surface area contributed by atoms with Crippen molar-refractivity contribution in [2.45, 2.75) is 26.4 Å². The first-order valence-corrected chi connectivity index (χ1v) is 5.72. The van der Waals surface area contributed by atoms with Gasteiger partial charge in [-0.15, -0.1) is 0 Å². The van der Waals surface area contributed by atoms with Crippen LogP contribution in [0.5, 0.6) is 0 Å². The number of nitrogens with one attached hydrogen (secondary N) is 1. The Morgan fingerprint density at radius 2 is 2.00 bits per heavy atom. The normalized spacial score (nSPS) is 14.4. The van der Waals surface area contributed by atoms with E-state index in [0.29, 0.717) is 12.1 Å². The van der Waals surface area contributed by atoms with Crippen molar-refractivity contribution in [3.8, 4) is 0 Å². The second-order valence-corrected chi connectivity index (χ2v) is 5.11. The molecule has 2 rings (SSSR count). The van der Waals surface area contributed by atoms with Crippen LogP contribution in [0.25, 0.3) is 6.08 Å². The van der Waals surface area contributed by atoms with Gasteiger partial charge in [-0.25, -0.2) is 4.79 Å². The summed E-state index contributed by atoms with van der Waals surface area (Å²) in [5.41, 5.74) is 2.30. The quantitative estimate of drug-likeness (QED) is 0.755. The molecule has 0 aliphatic carbocycles. The monoisotopic (exact) mass is 231 g/mol. The number of ether oxygens (including phenoxy) is 1. The third-order valence-electron chi connectivity index (χ3n) is 2.42. The number of fused-ring (bicyclic) bond motifs is 1. The van der Waals surface area contributed by atoms with Gasteiger partial charge in [0.15, 0.2) is 0 Å². The molecule has 0 saturated heterocycles. The summed E-state index contributed by atoms with van der Waals surface area (Å²) in [5.74, 6) is -0.250. The highest BCUT2D eigenvalue weighted by Gasteiger charge is 2.21. The van der Waals surface area contributed by atoms with E-state index in [1.807, 2.05) is 51.1 Å². The minimum atomic E-state index is -0.450. The second kappa shape index (κ2) is 4.24. The van der Waals surface area contributed by atoms with Gasteiger partial charge in [-0.1, -0.05) is 18.2 Å². The van der Waals surface area contributed by atoms with Gasteiger partial charge in [0.25, 0.3) is 0 Å². The summed E-state index contributed by atoms with van der Waals surface area (Å²) in [6, 6.07) is 7.90. The molecule has 17 heavy (non-hydrogen) atoms. The van der Waals surface area contributed by atoms with Gasteiger partial charge in [0.05, 0.1) is 5.57 Å². The minimum Gasteiger partial charge on any atom is -0.457 e. The molecular formula is C14H17NO2. The second-order valence-electron chi connectivity index (χ2n) is 5.11. The molecule has 1 aromatic carbocycles. The van der Waals surface area contributed by atoms with E-state index in [-0.39, 0.29) is 5.97 Å². The molecule has 0 fully saturated rings. The highest BCUT2D eigenvalue weighted by molar-refractivity contribution is 5.97. The van der Waals surface area contributed by atoms with Crippen LogP contribution in [0.4, 0.5) is 5.69 Å². The van der Waals surface area contributed by atoms with E-state index in [1.54, 1.807) is 0 Å². The molecule has 0 unspecified atom stereocenters. The number of hydrogen-bond acceptors (Lipinski definition) is 3. The Bertz CT molecular complexity index is 469. The van der Waals surface area contributed by atoms with Crippen LogP contribution >= 0.6 is 0 Å². The lowest BCUT2D eigenvalue weighted by Gasteiger charge is -2.23. The number of carbonyl (C=O) groups excluding carboxylic acids is 1. The highest BCUT2D eigenvalue weighted by Crippen LogP contribution is 2.24. The van der Waals surface area contributed by atoms with Crippen LogP contribution in [-0.4, -0.2) is 18.1 Å². The van der Waals surface area contributed by atoms with Gasteiger partial charge in [0, 0.05) is 12.2 Å². The zero-order valence-corrected chi connectivity index (χ0v) is 10.4. The Balaban J connectivity index is 2.20. The Morgan fingerprint density at radius 1 is 1.29 bits per heavy atom. The van der Waals surface area contributed by atoms with Crippen molar-refractivity contribution in [2.24, 2.45) is 0 Å². The molecule has 3 heteroatoms. The molecule has 90 valence electrons. The predicted molar refractivity (Wildman–Crippen MR) is 68.8 cm³/mol. The number of carbonyl (C=O) groups is 1. The average Bonchev–Trinajstić information content (AvgIpc) is 2.26. The molecular weight excluding hydrogens is 214 g/mol. The smallest absolute Gasteiger partial charge is 0.336 e. The zero-order valence-electron chi connectivity index (χ0n) is 10.4. The maximum atomic E-state index is 11.9. The average molecular weight is 231 g/mol. The maximum Gasteiger partial charge on any atom is 0.336 e. The standard InChI is InChI=1S/C14H17NO2/c1-14(2,3)17-13(16)11-8-10-6-4-5-7-12(10)15-9-11/h4-8,15H,9H2,1-3H3. The lowest BCUT2D eigenvalue weighted by Crippen LogP contribution is -2.27. The fourth-order valence-corrected chi connectivity index (χ4v) is 1.69. The molecule has 1 heterocycles. The van der Waals surface area contributed by atoms with Crippen LogP contribution in [0.2, 0.25) is 0 Å². The van der Waals surface area contributed by atoms with Crippen LogP contribution < -0.4 is 5.32 Å². The maximum absolute atomic E-state index is 11.9. The van der Waals surface area contributed by atoms with E-state index in [9.17, 15) is 4.79 Å². The van der Waals surface area contributed by atoms with Crippen LogP contribution in [-0.2, 0) is 9.53 Å². The molecule has 0 amide bonds. The summed E-state index contributed by atoms with van der Waals surface area (Å²) in [6.07, 6.45) is 1.89. The topological polar surface area (TPSA) is 38.3 Å². The molecule has 0 saturated carbocycles. The van der Waals surface area contributed by atoms with Gasteiger partial charge in [-0.05, 0) is 38.5 Å². The minimum absolute atomic E-state index is 0.250. The molecule has 0 atom stereocenters. The zero-order chi connectivity index (χ0) is 12.5. The Hall–Kier alpha value is -1.77. The van der Waals surface area contributed by atoms with Gasteiger partial charge < -0.3 is 10.1 Å². The van der Waals surface area contributed by atoms with Gasteiger partial charge in [-0.2, -0.15) is 0 Å². The summed E-state index contributed by atoms with van der Waals surface area (Å²) < 4.78 is 5.34. The van der Waals surface area contributed by atoms with E-state index >= 15 is 0 Å². The molecule has 0 spiro atoms. The van der Waals surface area contributed by atoms with Crippen LogP contribution in [0.1, 0.15) is 26.3 Å². The Morgan fingerprint density at radius 3 is 2.71 bits per heavy atom. The SMILES string of the molecule is CC(C)(C)OC(=O)C1=Cc2ccccc2NC1. The van der Waals surface area contributed by atoms with E-state index < -0.39 is 5.60 Å². The van der Waals surface area contributed by atoms with Crippen molar-refractivity contribution in [3.05, 3.63) is 35.4 Å². The summed E-state index contributed by atoms with van der Waals surface area (Å²) in [5, 5.41) is 3.21. The number of benzene rings is 1. The van der Waals surface area contributed by atoms with Crippen molar-refractivity contribution >= 4 is 17.7 Å². The highest BCUT2D eigenvalue weighted by atomic mass is 16.6. The largest absolute Gasteiger partial charge is 0.457 e. The fourth-order valence-electron chi connectivity index (χ4n) is 1.69. The summed E-state index contributed by atoms with van der Waals surface area (Å²) in [7, 11) is 0. The third kappa shape index (κ3) is 2.87. The molecule has 1 aliphatic heterocycles. The van der Waals surface area contributed by atoms with Crippen molar-refractivity contribution < 1.29 is 9.53 Å². The predicted octanol–water partition coefficient (Wildman–Crippen LogP) is 2.84. The van der Waals surface area contributed by atoms with E-state index in [4.69, 9.17) is 4.74 Å². The third-order valence-corrected chi connectivity index (χ3v) is 2.42. The molecule has 1 aliphatic rings. The Kier molecular flexibility index (Phi) is 2.92. The van der Waals surface area contributed by atoms with Crippen LogP contribution in [0.15, 0.2) is 29.8 Å². The van der Waals surface area contributed by atoms with Crippen molar-refractivity contribution in [3.63, 3.8) is 0 Å². The van der Waals surface area contributed by atoms with Gasteiger partial charge in [0.2, 0.25) is 0 Å². The summed E-state index contributed by atoms with van der Waals surface area (Å²) in [4.78, 5) is 11.9. The summed E-state index contributed by atoms with van der Waals surface area (Å²) in [6.45, 7) is 6.13. The number of rotatable bonds is 1. The van der Waals surface area contributed by atoms with Crippen LogP contribution in [0, 0.1) is 0 Å². The van der Waals surface area contributed by atoms with Gasteiger partial charge in [0.1, 0.15) is 5.60 Å². The first-order chi connectivity index (χ1) is 7.96. The van der Waals surface area contributed by atoms with Gasteiger partial charge >= 0.3 is 5.97 Å². The number of esters is 1. The molecule has 1 aromatic rings. The van der Waals surface area contributed by atoms with Crippen molar-refractivity contribution in [1.29, 1.82) is 0 Å². The van der Waals surface area contributed by atoms with E-state index in [0.717, 1.165) is 11.3 Å². The molecule has 0 bridgehead atoms. The molecule has 3 nitrogen and oxygen atoms in total. The number of para-hydroxylation sites is 1. The lowest BCUT2D eigenvalue weighted by molar-refractivity contribution is -0.149. The van der Waals surface area contributed by atoms with E-state index in [1.165, 1.54) is 0 Å². The Labute approximate surface area is 101 Å². The van der Waals surface area contributed by atoms with E-state index in [2.05, 4.69) is 5.32 Å².